The second kappa shape index (κ2) is 9.41. The number of methoxy groups -OCH3 is 1. The second-order valence-corrected chi connectivity index (χ2v) is 8.26. The van der Waals surface area contributed by atoms with Crippen LogP contribution in [-0.4, -0.2) is 59.7 Å². The first-order valence-electron chi connectivity index (χ1n) is 11.3. The molecule has 4 heterocycles. The van der Waals surface area contributed by atoms with Crippen molar-refractivity contribution in [2.75, 3.05) is 50.1 Å². The molecular weight excluding hydrogens is 400 g/mol. The van der Waals surface area contributed by atoms with Crippen molar-refractivity contribution in [3.05, 3.63) is 42.1 Å². The summed E-state index contributed by atoms with van der Waals surface area (Å²) in [6, 6.07) is 9.78. The quantitative estimate of drug-likeness (QED) is 0.620. The van der Waals surface area contributed by atoms with Gasteiger partial charge >= 0.3 is 0 Å². The molecule has 7 nitrogen and oxygen atoms in total. The Bertz CT molecular complexity index is 1140. The number of likely N-dealkylation sites (tertiary alicyclic amines) is 1. The van der Waals surface area contributed by atoms with E-state index in [4.69, 9.17) is 14.7 Å². The van der Waals surface area contributed by atoms with Gasteiger partial charge in [-0.2, -0.15) is 4.98 Å². The zero-order valence-electron chi connectivity index (χ0n) is 18.5. The van der Waals surface area contributed by atoms with E-state index in [1.807, 2.05) is 30.3 Å². The Hall–Kier alpha value is -3.37. The summed E-state index contributed by atoms with van der Waals surface area (Å²) in [6.07, 6.45) is 6.63. The van der Waals surface area contributed by atoms with Crippen LogP contribution in [0.5, 0.6) is 5.75 Å². The van der Waals surface area contributed by atoms with Crippen LogP contribution >= 0.6 is 0 Å². The number of aromatic nitrogens is 3. The van der Waals surface area contributed by atoms with Crippen LogP contribution in [-0.2, 0) is 0 Å². The molecule has 1 aromatic carbocycles. The lowest BCUT2D eigenvalue weighted by Crippen LogP contribution is -2.21. The standard InChI is InChI=1S/C25H28N6O/c1-32-22-18-20-21(17-19(22)9-8-14-30-12-4-5-13-30)27-25(31-15-6-7-16-31)29-24(20)28-23-10-2-3-11-26-23/h2-3,10-11,17-18H,4-7,12-16H2,1H3,(H,26,27,28,29). The van der Waals surface area contributed by atoms with Crippen molar-refractivity contribution >= 4 is 28.5 Å². The van der Waals surface area contributed by atoms with Crippen molar-refractivity contribution in [1.82, 2.24) is 19.9 Å². The number of rotatable bonds is 5. The zero-order chi connectivity index (χ0) is 21.8. The predicted molar refractivity (Wildman–Crippen MR) is 128 cm³/mol. The summed E-state index contributed by atoms with van der Waals surface area (Å²) in [5, 5.41) is 4.26. The highest BCUT2D eigenvalue weighted by Gasteiger charge is 2.19. The maximum Gasteiger partial charge on any atom is 0.227 e. The summed E-state index contributed by atoms with van der Waals surface area (Å²) in [5.74, 6) is 9.59. The first-order valence-corrected chi connectivity index (χ1v) is 11.3. The molecule has 0 bridgehead atoms. The number of hydrogen-bond donors (Lipinski definition) is 1. The molecule has 5 rings (SSSR count). The molecule has 0 unspecified atom stereocenters. The largest absolute Gasteiger partial charge is 0.495 e. The fourth-order valence-electron chi connectivity index (χ4n) is 4.31. The van der Waals surface area contributed by atoms with Crippen LogP contribution in [0.15, 0.2) is 36.5 Å². The predicted octanol–water partition coefficient (Wildman–Crippen LogP) is 3.82. The van der Waals surface area contributed by atoms with E-state index in [1.165, 1.54) is 25.7 Å². The third-order valence-electron chi connectivity index (χ3n) is 6.03. The molecule has 1 N–H and O–H groups in total. The van der Waals surface area contributed by atoms with E-state index in [9.17, 15) is 0 Å². The Morgan fingerprint density at radius 3 is 2.59 bits per heavy atom. The molecule has 2 fully saturated rings. The van der Waals surface area contributed by atoms with Crippen molar-refractivity contribution in [2.24, 2.45) is 0 Å². The van der Waals surface area contributed by atoms with Crippen LogP contribution in [0.1, 0.15) is 31.2 Å². The van der Waals surface area contributed by atoms with E-state index in [1.54, 1.807) is 13.3 Å². The Kier molecular flexibility index (Phi) is 6.04. The van der Waals surface area contributed by atoms with Gasteiger partial charge in [-0.3, -0.25) is 4.90 Å². The fraction of sp³-hybridized carbons (Fsp3) is 0.400. The highest BCUT2D eigenvalue weighted by atomic mass is 16.5. The Balaban J connectivity index is 1.55. The van der Waals surface area contributed by atoms with Crippen LogP contribution in [0.2, 0.25) is 0 Å². The van der Waals surface area contributed by atoms with E-state index in [0.29, 0.717) is 0 Å². The average molecular weight is 429 g/mol. The van der Waals surface area contributed by atoms with Gasteiger partial charge in [0.05, 0.1) is 24.7 Å². The Morgan fingerprint density at radius 1 is 1.03 bits per heavy atom. The molecule has 0 spiro atoms. The number of benzene rings is 1. The minimum absolute atomic E-state index is 0.727. The van der Waals surface area contributed by atoms with Gasteiger partial charge in [-0.05, 0) is 63.0 Å². The minimum Gasteiger partial charge on any atom is -0.495 e. The summed E-state index contributed by atoms with van der Waals surface area (Å²) >= 11 is 0. The number of ether oxygens (including phenoxy) is 1. The van der Waals surface area contributed by atoms with Crippen LogP contribution < -0.4 is 15.0 Å². The number of fused-ring (bicyclic) bond motifs is 1. The van der Waals surface area contributed by atoms with E-state index >= 15 is 0 Å². The van der Waals surface area contributed by atoms with E-state index in [0.717, 1.165) is 72.5 Å². The summed E-state index contributed by atoms with van der Waals surface area (Å²) in [7, 11) is 1.68. The molecule has 2 aromatic heterocycles. The average Bonchev–Trinajstić information content (AvgIpc) is 3.54. The van der Waals surface area contributed by atoms with Crippen LogP contribution in [0.25, 0.3) is 10.9 Å². The number of anilines is 3. The maximum absolute atomic E-state index is 5.69. The first-order chi connectivity index (χ1) is 15.8. The number of nitrogens with one attached hydrogen (secondary N) is 1. The van der Waals surface area contributed by atoms with E-state index in [2.05, 4.69) is 31.9 Å². The summed E-state index contributed by atoms with van der Waals surface area (Å²) < 4.78 is 5.69. The normalized spacial score (nSPS) is 16.2. The van der Waals surface area contributed by atoms with Gasteiger partial charge in [-0.15, -0.1) is 0 Å². The molecule has 0 aliphatic carbocycles. The maximum atomic E-state index is 5.69. The molecule has 32 heavy (non-hydrogen) atoms. The van der Waals surface area contributed by atoms with Gasteiger partial charge in [-0.25, -0.2) is 9.97 Å². The monoisotopic (exact) mass is 428 g/mol. The molecular formula is C25H28N6O. The van der Waals surface area contributed by atoms with Gasteiger partial charge in [0.25, 0.3) is 0 Å². The van der Waals surface area contributed by atoms with Crippen molar-refractivity contribution in [3.63, 3.8) is 0 Å². The molecule has 0 radical (unpaired) electrons. The molecule has 3 aromatic rings. The summed E-state index contributed by atoms with van der Waals surface area (Å²) in [4.78, 5) is 18.8. The van der Waals surface area contributed by atoms with Gasteiger partial charge in [0.1, 0.15) is 17.4 Å². The smallest absolute Gasteiger partial charge is 0.227 e. The third-order valence-corrected chi connectivity index (χ3v) is 6.03. The lowest BCUT2D eigenvalue weighted by atomic mass is 10.1. The Morgan fingerprint density at radius 2 is 1.84 bits per heavy atom. The molecule has 164 valence electrons. The zero-order valence-corrected chi connectivity index (χ0v) is 18.5. The van der Waals surface area contributed by atoms with E-state index < -0.39 is 0 Å². The van der Waals surface area contributed by atoms with Crippen LogP contribution in [0.3, 0.4) is 0 Å². The topological polar surface area (TPSA) is 66.4 Å². The lowest BCUT2D eigenvalue weighted by Gasteiger charge is -2.18. The molecule has 2 aliphatic heterocycles. The SMILES string of the molecule is COc1cc2c(Nc3ccccn3)nc(N3CCCC3)nc2cc1C#CCN1CCCC1. The number of nitrogens with zero attached hydrogens (tertiary/aromatic N) is 5. The van der Waals surface area contributed by atoms with Crippen molar-refractivity contribution in [1.29, 1.82) is 0 Å². The fourth-order valence-corrected chi connectivity index (χ4v) is 4.31. The van der Waals surface area contributed by atoms with E-state index in [-0.39, 0.29) is 0 Å². The molecule has 2 aliphatic rings. The van der Waals surface area contributed by atoms with Crippen molar-refractivity contribution in [3.8, 4) is 17.6 Å². The molecule has 0 atom stereocenters. The third kappa shape index (κ3) is 4.46. The second-order valence-electron chi connectivity index (χ2n) is 8.26. The van der Waals surface area contributed by atoms with Crippen LogP contribution in [0, 0.1) is 11.8 Å². The summed E-state index contributed by atoms with van der Waals surface area (Å²) in [6.45, 7) is 5.02. The highest BCUT2D eigenvalue weighted by molar-refractivity contribution is 5.94. The van der Waals surface area contributed by atoms with Gasteiger partial charge in [-0.1, -0.05) is 17.9 Å². The van der Waals surface area contributed by atoms with Crippen LogP contribution in [0.4, 0.5) is 17.6 Å². The number of hydrogen-bond acceptors (Lipinski definition) is 7. The lowest BCUT2D eigenvalue weighted by molar-refractivity contribution is 0.383. The Labute approximate surface area is 188 Å². The highest BCUT2D eigenvalue weighted by Crippen LogP contribution is 2.32. The summed E-state index contributed by atoms with van der Waals surface area (Å²) in [5.41, 5.74) is 1.71. The molecule has 0 saturated carbocycles. The van der Waals surface area contributed by atoms with Crippen molar-refractivity contribution in [2.45, 2.75) is 25.7 Å². The molecule has 2 saturated heterocycles. The van der Waals surface area contributed by atoms with Gasteiger partial charge in [0.15, 0.2) is 0 Å². The van der Waals surface area contributed by atoms with Crippen molar-refractivity contribution < 1.29 is 4.74 Å². The number of pyridine rings is 1. The molecule has 7 heteroatoms. The molecule has 0 amide bonds. The minimum atomic E-state index is 0.727. The van der Waals surface area contributed by atoms with Gasteiger partial charge < -0.3 is 15.0 Å². The van der Waals surface area contributed by atoms with Gasteiger partial charge in [0, 0.05) is 24.7 Å². The first kappa shape index (κ1) is 20.5. The van der Waals surface area contributed by atoms with Gasteiger partial charge in [0.2, 0.25) is 5.95 Å².